The number of rotatable bonds is 6. The zero-order valence-corrected chi connectivity index (χ0v) is 16.7. The molecule has 4 nitrogen and oxygen atoms in total. The quantitative estimate of drug-likeness (QED) is 0.684. The number of para-hydroxylation sites is 1. The molecule has 1 N–H and O–H groups in total. The summed E-state index contributed by atoms with van der Waals surface area (Å²) in [6, 6.07) is 18.8. The number of β-amino-alcohol motifs (C(OH)–C–C–N with tert-alkyl or cyclic N) is 1. The SMILES string of the molecule is COc1ccc(-c2cc3ccccc3n2C[C@H](O)CN2CCCCCC2)cc1. The minimum atomic E-state index is -0.383. The van der Waals surface area contributed by atoms with Crippen LogP contribution in [-0.2, 0) is 6.54 Å². The van der Waals surface area contributed by atoms with Crippen LogP contribution in [0.4, 0.5) is 0 Å². The molecule has 3 aromatic rings. The Balaban J connectivity index is 1.60. The van der Waals surface area contributed by atoms with Gasteiger partial charge in [0.25, 0.3) is 0 Å². The van der Waals surface area contributed by atoms with Crippen molar-refractivity contribution >= 4 is 10.9 Å². The number of hydrogen-bond donors (Lipinski definition) is 1. The van der Waals surface area contributed by atoms with E-state index in [1.807, 2.05) is 12.1 Å². The highest BCUT2D eigenvalue weighted by Crippen LogP contribution is 2.30. The molecule has 148 valence electrons. The number of aliphatic hydroxyl groups excluding tert-OH is 1. The number of nitrogens with zero attached hydrogens (tertiary/aromatic N) is 2. The summed E-state index contributed by atoms with van der Waals surface area (Å²) in [5.74, 6) is 0.854. The highest BCUT2D eigenvalue weighted by Gasteiger charge is 2.17. The first-order valence-electron chi connectivity index (χ1n) is 10.4. The zero-order valence-electron chi connectivity index (χ0n) is 16.7. The Labute approximate surface area is 167 Å². The van der Waals surface area contributed by atoms with Crippen molar-refractivity contribution in [1.29, 1.82) is 0 Å². The highest BCUT2D eigenvalue weighted by molar-refractivity contribution is 5.87. The van der Waals surface area contributed by atoms with Gasteiger partial charge in [0.15, 0.2) is 0 Å². The highest BCUT2D eigenvalue weighted by atomic mass is 16.5. The van der Waals surface area contributed by atoms with Gasteiger partial charge in [-0.25, -0.2) is 0 Å². The van der Waals surface area contributed by atoms with Crippen LogP contribution in [0.15, 0.2) is 54.6 Å². The van der Waals surface area contributed by atoms with E-state index in [-0.39, 0.29) is 6.10 Å². The molecule has 4 rings (SSSR count). The standard InChI is InChI=1S/C24H30N2O2/c1-28-22-12-10-19(11-13-22)24-16-20-8-4-5-9-23(20)26(24)18-21(27)17-25-14-6-2-3-7-15-25/h4-5,8-13,16,21,27H,2-3,6-7,14-15,17-18H2,1H3/t21-/m1/s1. The van der Waals surface area contributed by atoms with Gasteiger partial charge in [-0.1, -0.05) is 31.0 Å². The van der Waals surface area contributed by atoms with Crippen molar-refractivity contribution in [3.63, 3.8) is 0 Å². The van der Waals surface area contributed by atoms with Crippen LogP contribution >= 0.6 is 0 Å². The van der Waals surface area contributed by atoms with Gasteiger partial charge >= 0.3 is 0 Å². The average molecular weight is 379 g/mol. The van der Waals surface area contributed by atoms with Gasteiger partial charge in [-0.05, 0) is 67.9 Å². The van der Waals surface area contributed by atoms with Crippen molar-refractivity contribution < 1.29 is 9.84 Å². The molecule has 0 radical (unpaired) electrons. The minimum absolute atomic E-state index is 0.383. The van der Waals surface area contributed by atoms with E-state index in [1.54, 1.807) is 7.11 Å². The van der Waals surface area contributed by atoms with E-state index in [0.29, 0.717) is 6.54 Å². The molecular formula is C24H30N2O2. The Morgan fingerprint density at radius 2 is 1.64 bits per heavy atom. The van der Waals surface area contributed by atoms with Crippen LogP contribution in [0.2, 0.25) is 0 Å². The fraction of sp³-hybridized carbons (Fsp3) is 0.417. The van der Waals surface area contributed by atoms with Crippen molar-refractivity contribution in [3.8, 4) is 17.0 Å². The molecule has 0 aliphatic carbocycles. The lowest BCUT2D eigenvalue weighted by Gasteiger charge is -2.24. The molecular weight excluding hydrogens is 348 g/mol. The van der Waals surface area contributed by atoms with Crippen LogP contribution in [-0.4, -0.2) is 47.4 Å². The molecule has 28 heavy (non-hydrogen) atoms. The predicted octanol–water partition coefficient (Wildman–Crippen LogP) is 4.55. The minimum Gasteiger partial charge on any atom is -0.497 e. The molecule has 0 bridgehead atoms. The van der Waals surface area contributed by atoms with Gasteiger partial charge in [-0.15, -0.1) is 0 Å². The second-order valence-corrected chi connectivity index (χ2v) is 7.80. The summed E-state index contributed by atoms with van der Waals surface area (Å²) >= 11 is 0. The zero-order chi connectivity index (χ0) is 19.3. The maximum atomic E-state index is 10.9. The molecule has 1 fully saturated rings. The van der Waals surface area contributed by atoms with Crippen LogP contribution in [0.5, 0.6) is 5.75 Å². The molecule has 1 aliphatic rings. The van der Waals surface area contributed by atoms with E-state index in [2.05, 4.69) is 51.9 Å². The second kappa shape index (κ2) is 8.80. The monoisotopic (exact) mass is 378 g/mol. The van der Waals surface area contributed by atoms with E-state index in [9.17, 15) is 5.11 Å². The molecule has 4 heteroatoms. The lowest BCUT2D eigenvalue weighted by molar-refractivity contribution is 0.101. The number of aliphatic hydroxyl groups is 1. The van der Waals surface area contributed by atoms with E-state index in [4.69, 9.17) is 4.74 Å². The normalized spacial score (nSPS) is 16.8. The van der Waals surface area contributed by atoms with E-state index >= 15 is 0 Å². The van der Waals surface area contributed by atoms with Crippen molar-refractivity contribution in [1.82, 2.24) is 9.47 Å². The number of hydrogen-bond acceptors (Lipinski definition) is 3. The Bertz CT molecular complexity index is 893. The van der Waals surface area contributed by atoms with Crippen LogP contribution in [0, 0.1) is 0 Å². The number of likely N-dealkylation sites (tertiary alicyclic amines) is 1. The van der Waals surface area contributed by atoms with E-state index in [0.717, 1.165) is 36.6 Å². The van der Waals surface area contributed by atoms with Gasteiger partial charge in [0.1, 0.15) is 5.75 Å². The van der Waals surface area contributed by atoms with Gasteiger partial charge in [0.2, 0.25) is 0 Å². The molecule has 1 aromatic heterocycles. The molecule has 0 saturated carbocycles. The van der Waals surface area contributed by atoms with Gasteiger partial charge in [-0.3, -0.25) is 0 Å². The van der Waals surface area contributed by atoms with Crippen LogP contribution < -0.4 is 4.74 Å². The Morgan fingerprint density at radius 3 is 2.36 bits per heavy atom. The van der Waals surface area contributed by atoms with Crippen molar-refractivity contribution in [2.45, 2.75) is 38.3 Å². The topological polar surface area (TPSA) is 37.6 Å². The van der Waals surface area contributed by atoms with Crippen molar-refractivity contribution in [2.75, 3.05) is 26.7 Å². The fourth-order valence-electron chi connectivity index (χ4n) is 4.29. The number of aromatic nitrogens is 1. The van der Waals surface area contributed by atoms with Gasteiger partial charge in [0.05, 0.1) is 19.8 Å². The number of ether oxygens (including phenoxy) is 1. The summed E-state index contributed by atoms with van der Waals surface area (Å²) in [6.45, 7) is 3.56. The summed E-state index contributed by atoms with van der Waals surface area (Å²) in [7, 11) is 1.69. The Kier molecular flexibility index (Phi) is 5.98. The van der Waals surface area contributed by atoms with Crippen LogP contribution in [0.1, 0.15) is 25.7 Å². The van der Waals surface area contributed by atoms with Crippen molar-refractivity contribution in [2.24, 2.45) is 0 Å². The molecule has 1 aliphatic heterocycles. The predicted molar refractivity (Wildman–Crippen MR) is 115 cm³/mol. The van der Waals surface area contributed by atoms with E-state index in [1.165, 1.54) is 36.6 Å². The average Bonchev–Trinajstić information content (AvgIpc) is 2.88. The summed E-state index contributed by atoms with van der Waals surface area (Å²) in [5, 5.41) is 12.1. The number of fused-ring (bicyclic) bond motifs is 1. The maximum absolute atomic E-state index is 10.9. The molecule has 1 saturated heterocycles. The first kappa shape index (κ1) is 19.0. The molecule has 1 atom stereocenters. The largest absolute Gasteiger partial charge is 0.497 e. The van der Waals surface area contributed by atoms with E-state index < -0.39 is 0 Å². The van der Waals surface area contributed by atoms with Crippen molar-refractivity contribution in [3.05, 3.63) is 54.6 Å². The maximum Gasteiger partial charge on any atom is 0.118 e. The van der Waals surface area contributed by atoms with Gasteiger partial charge in [0, 0.05) is 23.1 Å². The first-order chi connectivity index (χ1) is 13.7. The molecule has 0 amide bonds. The third kappa shape index (κ3) is 4.23. The first-order valence-corrected chi connectivity index (χ1v) is 10.4. The third-order valence-electron chi connectivity index (χ3n) is 5.76. The smallest absolute Gasteiger partial charge is 0.118 e. The third-order valence-corrected chi connectivity index (χ3v) is 5.76. The lowest BCUT2D eigenvalue weighted by Crippen LogP contribution is -2.35. The summed E-state index contributed by atoms with van der Waals surface area (Å²) in [6.07, 6.45) is 4.74. The van der Waals surface area contributed by atoms with Crippen LogP contribution in [0.25, 0.3) is 22.2 Å². The number of methoxy groups -OCH3 is 1. The summed E-state index contributed by atoms with van der Waals surface area (Å²) in [4.78, 5) is 2.43. The second-order valence-electron chi connectivity index (χ2n) is 7.80. The molecule has 0 spiro atoms. The molecule has 2 aromatic carbocycles. The molecule has 2 heterocycles. The Hall–Kier alpha value is -2.30. The molecule has 0 unspecified atom stereocenters. The van der Waals surface area contributed by atoms with Crippen LogP contribution in [0.3, 0.4) is 0 Å². The number of benzene rings is 2. The summed E-state index contributed by atoms with van der Waals surface area (Å²) < 4.78 is 7.56. The van der Waals surface area contributed by atoms with Gasteiger partial charge < -0.3 is 19.3 Å². The van der Waals surface area contributed by atoms with Gasteiger partial charge in [-0.2, -0.15) is 0 Å². The Morgan fingerprint density at radius 1 is 0.929 bits per heavy atom. The lowest BCUT2D eigenvalue weighted by atomic mass is 10.1. The fourth-order valence-corrected chi connectivity index (χ4v) is 4.29. The summed E-state index contributed by atoms with van der Waals surface area (Å²) in [5.41, 5.74) is 3.45.